The maximum atomic E-state index is 13.0. The van der Waals surface area contributed by atoms with Gasteiger partial charge in [-0.05, 0) is 40.9 Å². The van der Waals surface area contributed by atoms with Crippen LogP contribution in [0.15, 0.2) is 47.3 Å². The largest absolute Gasteiger partial charge is 0.465 e. The van der Waals surface area contributed by atoms with Gasteiger partial charge in [0, 0.05) is 31.5 Å². The van der Waals surface area contributed by atoms with E-state index in [0.717, 1.165) is 34.9 Å². The molecule has 1 fully saturated rings. The Bertz CT molecular complexity index is 1370. The molecule has 0 spiro atoms. The Morgan fingerprint density at radius 2 is 2.00 bits per heavy atom. The fraction of sp³-hybridized carbons (Fsp3) is 0.227. The third kappa shape index (κ3) is 4.19. The minimum Gasteiger partial charge on any atom is -0.465 e. The summed E-state index contributed by atoms with van der Waals surface area (Å²) in [6, 6.07) is 7.17. The summed E-state index contributed by atoms with van der Waals surface area (Å²) >= 11 is 3.59. The Morgan fingerprint density at radius 1 is 1.18 bits per heavy atom. The van der Waals surface area contributed by atoms with Gasteiger partial charge in [-0.1, -0.05) is 12.1 Å². The van der Waals surface area contributed by atoms with Gasteiger partial charge in [-0.25, -0.2) is 14.8 Å². The minimum atomic E-state index is -1.04. The molecule has 1 saturated heterocycles. The zero-order chi connectivity index (χ0) is 22.9. The molecule has 1 aromatic carbocycles. The third-order valence-corrected chi connectivity index (χ3v) is 6.20. The second-order valence-electron chi connectivity index (χ2n) is 7.81. The number of pyridine rings is 1. The lowest BCUT2D eigenvalue weighted by Crippen LogP contribution is -2.47. The van der Waals surface area contributed by atoms with E-state index in [2.05, 4.69) is 51.4 Å². The Kier molecular flexibility index (Phi) is 5.55. The molecule has 0 saturated carbocycles. The van der Waals surface area contributed by atoms with Gasteiger partial charge in [-0.15, -0.1) is 0 Å². The predicted octanol–water partition coefficient (Wildman–Crippen LogP) is 3.76. The van der Waals surface area contributed by atoms with Crippen molar-refractivity contribution in [3.8, 4) is 0 Å². The molecule has 0 bridgehead atoms. The zero-order valence-corrected chi connectivity index (χ0v) is 19.0. The predicted molar refractivity (Wildman–Crippen MR) is 128 cm³/mol. The van der Waals surface area contributed by atoms with Gasteiger partial charge in [-0.2, -0.15) is 0 Å². The Balaban J connectivity index is 1.48. The number of hydrogen-bond acceptors (Lipinski definition) is 6. The van der Waals surface area contributed by atoms with Crippen molar-refractivity contribution in [3.63, 3.8) is 0 Å². The molecule has 4 heterocycles. The number of halogens is 1. The van der Waals surface area contributed by atoms with E-state index >= 15 is 0 Å². The van der Waals surface area contributed by atoms with Gasteiger partial charge >= 0.3 is 6.09 Å². The number of para-hydroxylation sites is 2. The van der Waals surface area contributed by atoms with Crippen LogP contribution in [-0.2, 0) is 0 Å². The van der Waals surface area contributed by atoms with Gasteiger partial charge in [0.05, 0.1) is 38.5 Å². The number of nitrogens with one attached hydrogen (secondary N) is 3. The van der Waals surface area contributed by atoms with Crippen molar-refractivity contribution < 1.29 is 14.7 Å². The number of carbonyl (C=O) groups is 2. The number of benzene rings is 1. The number of aromatic nitrogens is 4. The van der Waals surface area contributed by atoms with Gasteiger partial charge in [0.2, 0.25) is 0 Å². The molecule has 2 amide bonds. The number of amides is 2. The van der Waals surface area contributed by atoms with Crippen molar-refractivity contribution in [1.29, 1.82) is 0 Å². The van der Waals surface area contributed by atoms with Crippen molar-refractivity contribution in [3.05, 3.63) is 53.0 Å². The zero-order valence-electron chi connectivity index (χ0n) is 17.4. The van der Waals surface area contributed by atoms with E-state index in [1.807, 2.05) is 24.3 Å². The van der Waals surface area contributed by atoms with Crippen LogP contribution >= 0.6 is 15.9 Å². The standard InChI is InChI=1S/C22H20BrN7O3/c23-13-8-25-20-18(19(13)30-7-3-4-12(11-30)27-22(32)33)16(9-26-20)29-21(31)17-10-24-14-5-1-2-6-15(14)28-17/h1-2,5-6,8-10,12,27H,3-4,7,11H2,(H,25,26)(H,29,31)(H,32,33). The first-order valence-corrected chi connectivity index (χ1v) is 11.2. The van der Waals surface area contributed by atoms with Crippen molar-refractivity contribution >= 4 is 61.4 Å². The number of carbonyl (C=O) groups excluding carboxylic acids is 1. The van der Waals surface area contributed by atoms with Gasteiger partial charge < -0.3 is 25.6 Å². The Labute approximate surface area is 196 Å². The molecule has 1 aliphatic rings. The van der Waals surface area contributed by atoms with Gasteiger partial charge in [0.15, 0.2) is 0 Å². The van der Waals surface area contributed by atoms with Crippen LogP contribution in [0.4, 0.5) is 16.2 Å². The van der Waals surface area contributed by atoms with Crippen LogP contribution in [0.3, 0.4) is 0 Å². The summed E-state index contributed by atoms with van der Waals surface area (Å²) in [5.74, 6) is -0.385. The molecule has 0 radical (unpaired) electrons. The molecule has 1 atom stereocenters. The number of aromatic amines is 1. The van der Waals surface area contributed by atoms with Crippen LogP contribution in [0.25, 0.3) is 22.1 Å². The average molecular weight is 510 g/mol. The highest BCUT2D eigenvalue weighted by atomic mass is 79.9. The number of rotatable bonds is 4. The second kappa shape index (κ2) is 8.66. The average Bonchev–Trinajstić information content (AvgIpc) is 3.21. The molecule has 0 aliphatic carbocycles. The molecule has 4 aromatic rings. The Morgan fingerprint density at radius 3 is 2.82 bits per heavy atom. The van der Waals surface area contributed by atoms with Gasteiger partial charge in [-0.3, -0.25) is 9.78 Å². The van der Waals surface area contributed by atoms with Crippen molar-refractivity contribution in [1.82, 2.24) is 25.3 Å². The van der Waals surface area contributed by atoms with E-state index < -0.39 is 6.09 Å². The summed E-state index contributed by atoms with van der Waals surface area (Å²) in [6.45, 7) is 1.27. The fourth-order valence-corrected chi connectivity index (χ4v) is 4.74. The lowest BCUT2D eigenvalue weighted by atomic mass is 10.0. The van der Waals surface area contributed by atoms with E-state index in [4.69, 9.17) is 5.11 Å². The molecular formula is C22H20BrN7O3. The molecule has 33 heavy (non-hydrogen) atoms. The van der Waals surface area contributed by atoms with Gasteiger partial charge in [0.25, 0.3) is 5.91 Å². The number of anilines is 2. The Hall–Kier alpha value is -3.73. The normalized spacial score (nSPS) is 16.2. The topological polar surface area (TPSA) is 136 Å². The SMILES string of the molecule is O=C(O)NC1CCCN(c2c(Br)cnc3[nH]cc(NC(=O)c4cnc5ccccc5n4)c23)C1. The van der Waals surface area contributed by atoms with E-state index in [0.29, 0.717) is 28.9 Å². The van der Waals surface area contributed by atoms with Crippen molar-refractivity contribution in [2.45, 2.75) is 18.9 Å². The molecular weight excluding hydrogens is 490 g/mol. The molecule has 4 N–H and O–H groups in total. The smallest absolute Gasteiger partial charge is 0.404 e. The molecule has 168 valence electrons. The van der Waals surface area contributed by atoms with E-state index in [-0.39, 0.29) is 17.6 Å². The highest BCUT2D eigenvalue weighted by Crippen LogP contribution is 2.39. The van der Waals surface area contributed by atoms with Crippen LogP contribution in [0.2, 0.25) is 0 Å². The second-order valence-corrected chi connectivity index (χ2v) is 8.67. The van der Waals surface area contributed by atoms with Crippen LogP contribution in [0.1, 0.15) is 23.3 Å². The monoisotopic (exact) mass is 509 g/mol. The lowest BCUT2D eigenvalue weighted by Gasteiger charge is -2.35. The van der Waals surface area contributed by atoms with E-state index in [1.54, 1.807) is 12.4 Å². The lowest BCUT2D eigenvalue weighted by molar-refractivity contribution is 0.102. The number of fused-ring (bicyclic) bond motifs is 2. The molecule has 5 rings (SSSR count). The van der Waals surface area contributed by atoms with Crippen molar-refractivity contribution in [2.24, 2.45) is 0 Å². The summed E-state index contributed by atoms with van der Waals surface area (Å²) in [6.07, 6.45) is 5.41. The highest BCUT2D eigenvalue weighted by molar-refractivity contribution is 9.10. The van der Waals surface area contributed by atoms with Crippen LogP contribution in [-0.4, -0.2) is 56.2 Å². The summed E-state index contributed by atoms with van der Waals surface area (Å²) in [5.41, 5.74) is 3.57. The first-order valence-electron chi connectivity index (χ1n) is 10.4. The molecule has 1 unspecified atom stereocenters. The van der Waals surface area contributed by atoms with Crippen LogP contribution in [0.5, 0.6) is 0 Å². The molecule has 3 aromatic heterocycles. The summed E-state index contributed by atoms with van der Waals surface area (Å²) < 4.78 is 0.756. The minimum absolute atomic E-state index is 0.184. The fourth-order valence-electron chi connectivity index (χ4n) is 4.19. The first kappa shape index (κ1) is 21.1. The number of nitrogens with zero attached hydrogens (tertiary/aromatic N) is 4. The van der Waals surface area contributed by atoms with Crippen LogP contribution in [0, 0.1) is 0 Å². The quantitative estimate of drug-likeness (QED) is 0.328. The summed E-state index contributed by atoms with van der Waals surface area (Å²) in [5, 5.41) is 15.4. The summed E-state index contributed by atoms with van der Waals surface area (Å²) in [7, 11) is 0. The summed E-state index contributed by atoms with van der Waals surface area (Å²) in [4.78, 5) is 42.5. The first-order chi connectivity index (χ1) is 16.0. The maximum absolute atomic E-state index is 13.0. The molecule has 11 heteroatoms. The number of hydrogen-bond donors (Lipinski definition) is 4. The number of H-pyrrole nitrogens is 1. The van der Waals surface area contributed by atoms with E-state index in [9.17, 15) is 9.59 Å². The highest BCUT2D eigenvalue weighted by Gasteiger charge is 2.26. The van der Waals surface area contributed by atoms with Crippen molar-refractivity contribution in [2.75, 3.05) is 23.3 Å². The third-order valence-electron chi connectivity index (χ3n) is 5.62. The number of carboxylic acid groups (broad SMARTS) is 1. The molecule has 10 nitrogen and oxygen atoms in total. The number of piperidine rings is 1. The van der Waals surface area contributed by atoms with E-state index in [1.165, 1.54) is 6.20 Å². The van der Waals surface area contributed by atoms with Gasteiger partial charge in [0.1, 0.15) is 11.3 Å². The van der Waals surface area contributed by atoms with Crippen LogP contribution < -0.4 is 15.5 Å². The molecule has 1 aliphatic heterocycles. The maximum Gasteiger partial charge on any atom is 0.404 e.